The maximum Gasteiger partial charge on any atom is 0.280 e. The van der Waals surface area contributed by atoms with Crippen LogP contribution in [0.25, 0.3) is 33.9 Å². The molecule has 0 N–H and O–H groups in total. The highest BCUT2D eigenvalue weighted by Gasteiger charge is 2.17. The van der Waals surface area contributed by atoms with Crippen molar-refractivity contribution in [2.45, 2.75) is 0 Å². The lowest BCUT2D eigenvalue weighted by atomic mass is 10.1. The minimum atomic E-state index is -0.439. The van der Waals surface area contributed by atoms with Gasteiger partial charge >= 0.3 is 0 Å². The van der Waals surface area contributed by atoms with E-state index in [1.165, 1.54) is 6.07 Å². The number of furan rings is 1. The molecule has 5 rings (SSSR count). The summed E-state index contributed by atoms with van der Waals surface area (Å²) in [6, 6.07) is 20.3. The van der Waals surface area contributed by atoms with E-state index in [9.17, 15) is 10.1 Å². The fourth-order valence-electron chi connectivity index (χ4n) is 3.30. The first-order valence-corrected chi connectivity index (χ1v) is 10.5. The highest BCUT2D eigenvalue weighted by atomic mass is 35.5. The van der Waals surface area contributed by atoms with E-state index in [0.717, 1.165) is 0 Å². The number of oxazole rings is 1. The summed E-state index contributed by atoms with van der Waals surface area (Å²) < 4.78 is 11.6. The molecule has 0 radical (unpaired) electrons. The predicted octanol–water partition coefficient (Wildman–Crippen LogP) is 7.72. The molecule has 0 unspecified atom stereocenters. The molecule has 9 heteroatoms. The number of para-hydroxylation sites is 1. The van der Waals surface area contributed by atoms with Crippen LogP contribution >= 0.6 is 23.2 Å². The molecule has 0 aliphatic carbocycles. The Hall–Kier alpha value is -3.94. The van der Waals surface area contributed by atoms with Gasteiger partial charge < -0.3 is 8.83 Å². The van der Waals surface area contributed by atoms with Gasteiger partial charge in [-0.2, -0.15) is 0 Å². The van der Waals surface area contributed by atoms with Crippen LogP contribution in [0.15, 0.2) is 86.6 Å². The van der Waals surface area contributed by atoms with Crippen molar-refractivity contribution >= 4 is 51.9 Å². The Balaban J connectivity index is 1.40. The zero-order chi connectivity index (χ0) is 22.9. The van der Waals surface area contributed by atoms with E-state index >= 15 is 0 Å². The maximum atomic E-state index is 11.3. The molecule has 5 aromatic rings. The molecular formula is C24H13Cl2N3O4. The van der Waals surface area contributed by atoms with E-state index in [1.54, 1.807) is 72.9 Å². The minimum absolute atomic E-state index is 0.0235. The number of halogens is 2. The van der Waals surface area contributed by atoms with Crippen LogP contribution in [-0.4, -0.2) is 16.1 Å². The molecule has 0 aliphatic heterocycles. The highest BCUT2D eigenvalue weighted by Crippen LogP contribution is 2.32. The first-order chi connectivity index (χ1) is 16.0. The van der Waals surface area contributed by atoms with E-state index in [0.29, 0.717) is 55.4 Å². The molecule has 2 heterocycles. The van der Waals surface area contributed by atoms with E-state index in [4.69, 9.17) is 32.0 Å². The second-order valence-electron chi connectivity index (χ2n) is 7.03. The van der Waals surface area contributed by atoms with Crippen molar-refractivity contribution in [1.82, 2.24) is 4.98 Å². The molecule has 0 saturated heterocycles. The van der Waals surface area contributed by atoms with Gasteiger partial charge in [-0.1, -0.05) is 35.3 Å². The summed E-state index contributed by atoms with van der Waals surface area (Å²) in [6.07, 6.45) is 1.54. The van der Waals surface area contributed by atoms with Crippen LogP contribution in [0.2, 0.25) is 10.0 Å². The molecule has 33 heavy (non-hydrogen) atoms. The summed E-state index contributed by atoms with van der Waals surface area (Å²) in [4.78, 5) is 19.8. The summed E-state index contributed by atoms with van der Waals surface area (Å²) in [5, 5.41) is 12.1. The molecule has 0 aliphatic rings. The fraction of sp³-hybridized carbons (Fsp3) is 0. The van der Waals surface area contributed by atoms with E-state index < -0.39 is 4.92 Å². The Morgan fingerprint density at radius 1 is 0.939 bits per heavy atom. The number of hydrogen-bond donors (Lipinski definition) is 0. The van der Waals surface area contributed by atoms with Crippen molar-refractivity contribution in [2.75, 3.05) is 0 Å². The van der Waals surface area contributed by atoms with E-state index in [1.807, 2.05) is 0 Å². The Bertz CT molecular complexity index is 1540. The first-order valence-electron chi connectivity index (χ1n) is 9.72. The van der Waals surface area contributed by atoms with Gasteiger partial charge in [0.05, 0.1) is 32.4 Å². The molecular weight excluding hydrogens is 465 g/mol. The lowest BCUT2D eigenvalue weighted by molar-refractivity contribution is -0.384. The quantitative estimate of drug-likeness (QED) is 0.146. The number of fused-ring (bicyclic) bond motifs is 1. The van der Waals surface area contributed by atoms with Crippen molar-refractivity contribution in [3.8, 4) is 22.8 Å². The summed E-state index contributed by atoms with van der Waals surface area (Å²) in [5.74, 6) is 1.27. The summed E-state index contributed by atoms with van der Waals surface area (Å²) >= 11 is 12.1. The molecule has 0 bridgehead atoms. The van der Waals surface area contributed by atoms with Gasteiger partial charge in [-0.05, 0) is 54.6 Å². The smallest absolute Gasteiger partial charge is 0.280 e. The van der Waals surface area contributed by atoms with Crippen molar-refractivity contribution in [3.05, 3.63) is 98.7 Å². The molecule has 2 aromatic heterocycles. The average Bonchev–Trinajstić information content (AvgIpc) is 3.46. The van der Waals surface area contributed by atoms with E-state index in [-0.39, 0.29) is 5.69 Å². The third-order valence-corrected chi connectivity index (χ3v) is 5.61. The molecule has 162 valence electrons. The van der Waals surface area contributed by atoms with Crippen LogP contribution in [0.3, 0.4) is 0 Å². The molecule has 0 atom stereocenters. The standard InChI is InChI=1S/C24H13Cl2N3O4/c25-18-8-5-14(11-19(18)26)24-28-20-12-15(6-9-23(20)33-24)27-13-16-7-10-22(32-16)17-3-1-2-4-21(17)29(30)31/h1-13H. The van der Waals surface area contributed by atoms with Gasteiger partial charge in [0.25, 0.3) is 5.69 Å². The van der Waals surface area contributed by atoms with Crippen molar-refractivity contribution in [3.63, 3.8) is 0 Å². The third-order valence-electron chi connectivity index (χ3n) is 4.87. The van der Waals surface area contributed by atoms with Gasteiger partial charge in [0.15, 0.2) is 5.58 Å². The third kappa shape index (κ3) is 4.24. The van der Waals surface area contributed by atoms with Crippen LogP contribution in [0.5, 0.6) is 0 Å². The second-order valence-corrected chi connectivity index (χ2v) is 7.85. The van der Waals surface area contributed by atoms with Crippen LogP contribution in [0.1, 0.15) is 5.76 Å². The largest absolute Gasteiger partial charge is 0.455 e. The van der Waals surface area contributed by atoms with Gasteiger partial charge in [-0.15, -0.1) is 0 Å². The number of hydrogen-bond acceptors (Lipinski definition) is 6. The molecule has 0 fully saturated rings. The molecule has 0 amide bonds. The Morgan fingerprint density at radius 2 is 1.79 bits per heavy atom. The molecule has 0 saturated carbocycles. The Morgan fingerprint density at radius 3 is 2.61 bits per heavy atom. The average molecular weight is 478 g/mol. The number of aromatic nitrogens is 1. The highest BCUT2D eigenvalue weighted by molar-refractivity contribution is 6.42. The summed E-state index contributed by atoms with van der Waals surface area (Å²) in [7, 11) is 0. The predicted molar refractivity (Wildman–Crippen MR) is 128 cm³/mol. The first kappa shape index (κ1) is 20.9. The lowest BCUT2D eigenvalue weighted by Gasteiger charge is -1.98. The normalized spacial score (nSPS) is 11.5. The second kappa shape index (κ2) is 8.54. The number of nitro benzene ring substituents is 1. The Labute approximate surface area is 197 Å². The van der Waals surface area contributed by atoms with Crippen LogP contribution in [-0.2, 0) is 0 Å². The fourth-order valence-corrected chi connectivity index (χ4v) is 3.59. The maximum absolute atomic E-state index is 11.3. The Kier molecular flexibility index (Phi) is 5.42. The number of rotatable bonds is 5. The monoisotopic (exact) mass is 477 g/mol. The van der Waals surface area contributed by atoms with Crippen LogP contribution in [0.4, 0.5) is 11.4 Å². The number of benzene rings is 3. The lowest BCUT2D eigenvalue weighted by Crippen LogP contribution is -1.90. The molecule has 0 spiro atoms. The van der Waals surface area contributed by atoms with Gasteiger partial charge in [0.1, 0.15) is 17.0 Å². The molecule has 3 aromatic carbocycles. The van der Waals surface area contributed by atoms with Crippen LogP contribution in [0, 0.1) is 10.1 Å². The molecule has 7 nitrogen and oxygen atoms in total. The van der Waals surface area contributed by atoms with Gasteiger partial charge in [0.2, 0.25) is 5.89 Å². The van der Waals surface area contributed by atoms with E-state index in [2.05, 4.69) is 9.98 Å². The zero-order valence-corrected chi connectivity index (χ0v) is 18.2. The van der Waals surface area contributed by atoms with Gasteiger partial charge in [-0.25, -0.2) is 4.98 Å². The summed E-state index contributed by atoms with van der Waals surface area (Å²) in [5.41, 5.74) is 2.96. The van der Waals surface area contributed by atoms with Gasteiger partial charge in [0, 0.05) is 11.6 Å². The number of nitro groups is 1. The van der Waals surface area contributed by atoms with Crippen molar-refractivity contribution in [1.29, 1.82) is 0 Å². The number of nitrogens with zero attached hydrogens (tertiary/aromatic N) is 3. The topological polar surface area (TPSA) is 94.7 Å². The van der Waals surface area contributed by atoms with Crippen LogP contribution < -0.4 is 0 Å². The van der Waals surface area contributed by atoms with Gasteiger partial charge in [-0.3, -0.25) is 15.1 Å². The zero-order valence-electron chi connectivity index (χ0n) is 16.7. The minimum Gasteiger partial charge on any atom is -0.455 e. The van der Waals surface area contributed by atoms with Crippen molar-refractivity contribution < 1.29 is 13.8 Å². The summed E-state index contributed by atoms with van der Waals surface area (Å²) in [6.45, 7) is 0. The SMILES string of the molecule is O=[N+]([O-])c1ccccc1-c1ccc(C=Nc2ccc3oc(-c4ccc(Cl)c(Cl)c4)nc3c2)o1. The van der Waals surface area contributed by atoms with Crippen molar-refractivity contribution in [2.24, 2.45) is 4.99 Å². The number of aliphatic imine (C=N–C) groups is 1.